The van der Waals surface area contributed by atoms with Gasteiger partial charge in [0.2, 0.25) is 11.8 Å². The van der Waals surface area contributed by atoms with Gasteiger partial charge in [-0.1, -0.05) is 12.1 Å². The van der Waals surface area contributed by atoms with Gasteiger partial charge in [-0.2, -0.15) is 0 Å². The number of imide groups is 1. The number of carbonyl (C=O) groups is 3. The first-order valence-corrected chi connectivity index (χ1v) is 7.79. The van der Waals surface area contributed by atoms with E-state index in [4.69, 9.17) is 5.11 Å². The van der Waals surface area contributed by atoms with Crippen LogP contribution in [0.15, 0.2) is 28.7 Å². The van der Waals surface area contributed by atoms with Crippen molar-refractivity contribution in [2.45, 2.75) is 18.1 Å². The number of carbonyl (C=O) groups excluding carboxylic acids is 2. The van der Waals surface area contributed by atoms with E-state index in [0.29, 0.717) is 15.9 Å². The highest BCUT2D eigenvalue weighted by Gasteiger charge is 2.40. The number of anilines is 1. The average Bonchev–Trinajstić information content (AvgIpc) is 2.65. The molecule has 0 saturated carbocycles. The molecule has 2 amide bonds. The standard InChI is InChI=1S/C13H12BrNO4S/c14-8-3-1-2-4-9(8)15-11(16)7-10(13(15)19)20-6-5-12(17)18/h1-4,10H,5-7H2,(H,17,18). The number of hydrogen-bond acceptors (Lipinski definition) is 4. The monoisotopic (exact) mass is 357 g/mol. The zero-order chi connectivity index (χ0) is 14.7. The molecule has 1 atom stereocenters. The molecule has 1 fully saturated rings. The SMILES string of the molecule is O=C(O)CCSC1CC(=O)N(c2ccccc2Br)C1=O. The van der Waals surface area contributed by atoms with Crippen molar-refractivity contribution in [3.63, 3.8) is 0 Å². The Hall–Kier alpha value is -1.34. The summed E-state index contributed by atoms with van der Waals surface area (Å²) < 4.78 is 0.679. The van der Waals surface area contributed by atoms with Crippen molar-refractivity contribution in [2.24, 2.45) is 0 Å². The summed E-state index contributed by atoms with van der Waals surface area (Å²) >= 11 is 4.54. The van der Waals surface area contributed by atoms with Gasteiger partial charge in [0.15, 0.2) is 0 Å². The Labute approximate surface area is 128 Å². The van der Waals surface area contributed by atoms with Crippen molar-refractivity contribution in [3.8, 4) is 0 Å². The normalized spacial score (nSPS) is 18.6. The highest BCUT2D eigenvalue weighted by atomic mass is 79.9. The largest absolute Gasteiger partial charge is 0.481 e. The van der Waals surface area contributed by atoms with Gasteiger partial charge in [0.05, 0.1) is 17.4 Å². The Morgan fingerprint density at radius 3 is 2.75 bits per heavy atom. The van der Waals surface area contributed by atoms with Crippen LogP contribution in [0.5, 0.6) is 0 Å². The molecule has 1 aliphatic heterocycles. The highest BCUT2D eigenvalue weighted by molar-refractivity contribution is 9.10. The first-order valence-electron chi connectivity index (χ1n) is 5.95. The molecule has 1 saturated heterocycles. The zero-order valence-electron chi connectivity index (χ0n) is 10.4. The molecule has 0 bridgehead atoms. The number of carboxylic acid groups (broad SMARTS) is 1. The number of halogens is 1. The molecule has 1 unspecified atom stereocenters. The van der Waals surface area contributed by atoms with E-state index in [0.717, 1.165) is 0 Å². The molecule has 2 rings (SSSR count). The van der Waals surface area contributed by atoms with Crippen molar-refractivity contribution >= 4 is 51.2 Å². The fraction of sp³-hybridized carbons (Fsp3) is 0.308. The van der Waals surface area contributed by atoms with Crippen molar-refractivity contribution in [2.75, 3.05) is 10.7 Å². The van der Waals surface area contributed by atoms with Crippen LogP contribution < -0.4 is 4.90 Å². The third kappa shape index (κ3) is 3.21. The molecular formula is C13H12BrNO4S. The van der Waals surface area contributed by atoms with Crippen molar-refractivity contribution in [1.29, 1.82) is 0 Å². The molecule has 0 aliphatic carbocycles. The third-order valence-electron chi connectivity index (χ3n) is 2.83. The third-order valence-corrected chi connectivity index (χ3v) is 4.71. The highest BCUT2D eigenvalue weighted by Crippen LogP contribution is 2.33. The van der Waals surface area contributed by atoms with E-state index in [9.17, 15) is 14.4 Å². The van der Waals surface area contributed by atoms with Crippen LogP contribution in [0, 0.1) is 0 Å². The van der Waals surface area contributed by atoms with E-state index in [1.807, 2.05) is 0 Å². The lowest BCUT2D eigenvalue weighted by atomic mass is 10.3. The quantitative estimate of drug-likeness (QED) is 0.818. The van der Waals surface area contributed by atoms with E-state index >= 15 is 0 Å². The van der Waals surface area contributed by atoms with Crippen LogP contribution in [-0.2, 0) is 14.4 Å². The first kappa shape index (κ1) is 15.1. The second-order valence-corrected chi connectivity index (χ2v) is 6.39. The molecule has 5 nitrogen and oxygen atoms in total. The Morgan fingerprint density at radius 2 is 2.10 bits per heavy atom. The molecule has 0 spiro atoms. The molecule has 0 radical (unpaired) electrons. The predicted molar refractivity (Wildman–Crippen MR) is 79.8 cm³/mol. The van der Waals surface area contributed by atoms with E-state index in [2.05, 4.69) is 15.9 Å². The summed E-state index contributed by atoms with van der Waals surface area (Å²) in [6, 6.07) is 7.02. The van der Waals surface area contributed by atoms with Gasteiger partial charge in [0.25, 0.3) is 0 Å². The maximum absolute atomic E-state index is 12.3. The number of amides is 2. The topological polar surface area (TPSA) is 74.7 Å². The van der Waals surface area contributed by atoms with Crippen molar-refractivity contribution in [3.05, 3.63) is 28.7 Å². The van der Waals surface area contributed by atoms with Gasteiger partial charge in [0, 0.05) is 16.6 Å². The summed E-state index contributed by atoms with van der Waals surface area (Å²) in [4.78, 5) is 35.9. The number of thioether (sulfide) groups is 1. The number of benzene rings is 1. The van der Waals surface area contributed by atoms with E-state index in [-0.39, 0.29) is 24.7 Å². The first-order chi connectivity index (χ1) is 9.50. The lowest BCUT2D eigenvalue weighted by molar-refractivity contribution is -0.136. The number of rotatable bonds is 5. The molecule has 106 valence electrons. The number of hydrogen-bond donors (Lipinski definition) is 1. The Balaban J connectivity index is 2.09. The van der Waals surface area contributed by atoms with Gasteiger partial charge in [-0.15, -0.1) is 11.8 Å². The molecule has 20 heavy (non-hydrogen) atoms. The van der Waals surface area contributed by atoms with E-state index in [1.165, 1.54) is 16.7 Å². The molecular weight excluding hydrogens is 346 g/mol. The molecule has 1 aliphatic rings. The molecule has 1 aromatic carbocycles. The predicted octanol–water partition coefficient (Wildman–Crippen LogP) is 2.29. The molecule has 0 aromatic heterocycles. The van der Waals surface area contributed by atoms with Crippen LogP contribution in [0.3, 0.4) is 0 Å². The van der Waals surface area contributed by atoms with Crippen LogP contribution in [0.25, 0.3) is 0 Å². The summed E-state index contributed by atoms with van der Waals surface area (Å²) in [5.74, 6) is -1.12. The summed E-state index contributed by atoms with van der Waals surface area (Å²) in [7, 11) is 0. The number of carboxylic acids is 1. The average molecular weight is 358 g/mol. The van der Waals surface area contributed by atoms with Gasteiger partial charge in [0.1, 0.15) is 0 Å². The minimum absolute atomic E-state index is 0.0162. The molecule has 1 aromatic rings. The zero-order valence-corrected chi connectivity index (χ0v) is 12.8. The lowest BCUT2D eigenvalue weighted by Crippen LogP contribution is -2.31. The van der Waals surface area contributed by atoms with Crippen LogP contribution in [0.2, 0.25) is 0 Å². The van der Waals surface area contributed by atoms with Crippen LogP contribution in [0.1, 0.15) is 12.8 Å². The molecule has 1 N–H and O–H groups in total. The fourth-order valence-corrected chi connectivity index (χ4v) is 3.46. The summed E-state index contributed by atoms with van der Waals surface area (Å²) in [5, 5.41) is 8.10. The molecule has 7 heteroatoms. The van der Waals surface area contributed by atoms with E-state index in [1.54, 1.807) is 24.3 Å². The van der Waals surface area contributed by atoms with E-state index < -0.39 is 11.2 Å². The second-order valence-electron chi connectivity index (χ2n) is 4.23. The minimum atomic E-state index is -0.906. The summed E-state index contributed by atoms with van der Waals surface area (Å²) in [5.41, 5.74) is 0.531. The lowest BCUT2D eigenvalue weighted by Gasteiger charge is -2.16. The minimum Gasteiger partial charge on any atom is -0.481 e. The van der Waals surface area contributed by atoms with Gasteiger partial charge in [-0.25, -0.2) is 4.90 Å². The summed E-state index contributed by atoms with van der Waals surface area (Å²) in [6.07, 6.45) is 0.0993. The Morgan fingerprint density at radius 1 is 1.40 bits per heavy atom. The molecule has 1 heterocycles. The number of nitrogens with zero attached hydrogens (tertiary/aromatic N) is 1. The van der Waals surface area contributed by atoms with Gasteiger partial charge in [-0.3, -0.25) is 14.4 Å². The van der Waals surface area contributed by atoms with Crippen molar-refractivity contribution < 1.29 is 19.5 Å². The van der Waals surface area contributed by atoms with Crippen LogP contribution in [0.4, 0.5) is 5.69 Å². The Bertz CT molecular complexity index is 563. The summed E-state index contributed by atoms with van der Waals surface area (Å²) in [6.45, 7) is 0. The van der Waals surface area contributed by atoms with Gasteiger partial charge < -0.3 is 5.11 Å². The van der Waals surface area contributed by atoms with Crippen LogP contribution in [-0.4, -0.2) is 33.9 Å². The van der Waals surface area contributed by atoms with Crippen LogP contribution >= 0.6 is 27.7 Å². The smallest absolute Gasteiger partial charge is 0.304 e. The second kappa shape index (κ2) is 6.41. The van der Waals surface area contributed by atoms with Gasteiger partial charge >= 0.3 is 5.97 Å². The number of para-hydroxylation sites is 1. The van der Waals surface area contributed by atoms with Gasteiger partial charge in [-0.05, 0) is 28.1 Å². The number of aliphatic carboxylic acids is 1. The van der Waals surface area contributed by atoms with Crippen molar-refractivity contribution in [1.82, 2.24) is 0 Å². The Kier molecular flexibility index (Phi) is 4.82. The maximum Gasteiger partial charge on any atom is 0.304 e. The fourth-order valence-electron chi connectivity index (χ4n) is 1.91. The maximum atomic E-state index is 12.3.